The van der Waals surface area contributed by atoms with Crippen LogP contribution in [0.15, 0.2) is 72.8 Å². The first-order valence-corrected chi connectivity index (χ1v) is 12.2. The van der Waals surface area contributed by atoms with Crippen molar-refractivity contribution < 1.29 is 13.2 Å². The molecule has 0 fully saturated rings. The van der Waals surface area contributed by atoms with E-state index >= 15 is 0 Å². The molecule has 0 heterocycles. The van der Waals surface area contributed by atoms with Crippen molar-refractivity contribution in [2.75, 3.05) is 24.9 Å². The number of amides is 1. The Kier molecular flexibility index (Phi) is 7.56. The molecule has 3 rings (SSSR count). The van der Waals surface area contributed by atoms with Crippen molar-refractivity contribution in [3.8, 4) is 0 Å². The lowest BCUT2D eigenvalue weighted by atomic mass is 9.95. The minimum atomic E-state index is -3.89. The predicted molar refractivity (Wildman–Crippen MR) is 133 cm³/mol. The number of nitrogens with one attached hydrogen (secondary N) is 1. The Labute approximate surface area is 197 Å². The van der Waals surface area contributed by atoms with E-state index in [-0.39, 0.29) is 6.54 Å². The van der Waals surface area contributed by atoms with Crippen molar-refractivity contribution >= 4 is 21.8 Å². The summed E-state index contributed by atoms with van der Waals surface area (Å²) >= 11 is 0. The number of hydrogen-bond acceptors (Lipinski definition) is 3. The normalized spacial score (nSPS) is 12.4. The average molecular weight is 466 g/mol. The van der Waals surface area contributed by atoms with Gasteiger partial charge in [0.05, 0.1) is 11.7 Å². The van der Waals surface area contributed by atoms with Crippen LogP contribution in [-0.4, -0.2) is 39.3 Å². The van der Waals surface area contributed by atoms with Crippen LogP contribution in [0.25, 0.3) is 0 Å². The largest absolute Gasteiger partial charge is 0.344 e. The highest BCUT2D eigenvalue weighted by molar-refractivity contribution is 7.90. The molecule has 3 aromatic carbocycles. The van der Waals surface area contributed by atoms with Crippen LogP contribution in [0.3, 0.4) is 0 Å². The van der Waals surface area contributed by atoms with E-state index in [0.717, 1.165) is 32.1 Å². The molecular weight excluding hydrogens is 434 g/mol. The summed E-state index contributed by atoms with van der Waals surface area (Å²) < 4.78 is 28.7. The molecular formula is C26H31N3O3S. The Bertz CT molecular complexity index is 1220. The summed E-state index contributed by atoms with van der Waals surface area (Å²) in [7, 11) is -0.966. The maximum atomic E-state index is 13.3. The summed E-state index contributed by atoms with van der Waals surface area (Å²) in [4.78, 5) is 13.3. The van der Waals surface area contributed by atoms with E-state index in [4.69, 9.17) is 0 Å². The van der Waals surface area contributed by atoms with Crippen LogP contribution in [-0.2, 0) is 15.0 Å². The molecule has 174 valence electrons. The first kappa shape index (κ1) is 24.5. The maximum Gasteiger partial charge on any atom is 0.304 e. The summed E-state index contributed by atoms with van der Waals surface area (Å²) in [6, 6.07) is 22.7. The van der Waals surface area contributed by atoms with E-state index in [1.165, 1.54) is 18.4 Å². The van der Waals surface area contributed by atoms with Gasteiger partial charge in [-0.15, -0.1) is 0 Å². The number of nitrogens with zero attached hydrogens (tertiary/aromatic N) is 2. The van der Waals surface area contributed by atoms with Gasteiger partial charge in [0.2, 0.25) is 5.91 Å². The average Bonchev–Trinajstić information content (AvgIpc) is 2.78. The van der Waals surface area contributed by atoms with Crippen molar-refractivity contribution in [3.05, 3.63) is 101 Å². The molecule has 33 heavy (non-hydrogen) atoms. The predicted octanol–water partition coefficient (Wildman–Crippen LogP) is 4.13. The van der Waals surface area contributed by atoms with Gasteiger partial charge in [-0.3, -0.25) is 4.79 Å². The van der Waals surface area contributed by atoms with E-state index in [1.54, 1.807) is 6.07 Å². The summed E-state index contributed by atoms with van der Waals surface area (Å²) in [5.74, 6) is -0.390. The third-order valence-corrected chi connectivity index (χ3v) is 7.40. The molecule has 0 saturated heterocycles. The second-order valence-corrected chi connectivity index (χ2v) is 10.4. The monoisotopic (exact) mass is 465 g/mol. The van der Waals surface area contributed by atoms with Crippen LogP contribution in [0.2, 0.25) is 0 Å². The first-order chi connectivity index (χ1) is 15.6. The van der Waals surface area contributed by atoms with Gasteiger partial charge in [-0.2, -0.15) is 12.7 Å². The number of aryl methyl sites for hydroxylation is 3. The fraction of sp³-hybridized carbons (Fsp3) is 0.269. The van der Waals surface area contributed by atoms with Crippen molar-refractivity contribution in [3.63, 3.8) is 0 Å². The Morgan fingerprint density at radius 3 is 2.15 bits per heavy atom. The molecule has 0 unspecified atom stereocenters. The van der Waals surface area contributed by atoms with Crippen molar-refractivity contribution in [1.82, 2.24) is 9.62 Å². The van der Waals surface area contributed by atoms with Gasteiger partial charge >= 0.3 is 10.2 Å². The quantitative estimate of drug-likeness (QED) is 0.544. The molecule has 0 bridgehead atoms. The SMILES string of the molecule is Cc1ccc(C)c(N(CC(=O)N[C@@H](c2ccccc2)c2ccccc2C)S(=O)(=O)N(C)C)c1. The van der Waals surface area contributed by atoms with Crippen molar-refractivity contribution in [1.29, 1.82) is 0 Å². The van der Waals surface area contributed by atoms with E-state index in [9.17, 15) is 13.2 Å². The number of rotatable bonds is 8. The standard InChI is InChI=1S/C26H31N3O3S/c1-19-15-16-21(3)24(17-19)29(33(31,32)28(4)5)18-25(30)27-26(22-12-7-6-8-13-22)23-14-10-9-11-20(23)2/h6-17,26H,18H2,1-5H3,(H,27,30)/t26-/m0/s1. The van der Waals surface area contributed by atoms with Gasteiger partial charge in [0.15, 0.2) is 0 Å². The van der Waals surface area contributed by atoms with E-state index in [2.05, 4.69) is 5.32 Å². The van der Waals surface area contributed by atoms with Crippen LogP contribution in [0.5, 0.6) is 0 Å². The van der Waals surface area contributed by atoms with Gasteiger partial charge in [0.1, 0.15) is 6.54 Å². The molecule has 0 aliphatic carbocycles. The minimum absolute atomic E-state index is 0.333. The third kappa shape index (κ3) is 5.61. The molecule has 0 aromatic heterocycles. The molecule has 0 aliphatic heterocycles. The highest BCUT2D eigenvalue weighted by atomic mass is 32.2. The van der Waals surface area contributed by atoms with Crippen LogP contribution in [0.4, 0.5) is 5.69 Å². The zero-order valence-corrected chi connectivity index (χ0v) is 20.6. The highest BCUT2D eigenvalue weighted by Crippen LogP contribution is 2.27. The first-order valence-electron chi connectivity index (χ1n) is 10.8. The number of hydrogen-bond donors (Lipinski definition) is 1. The molecule has 0 aliphatic rings. The minimum Gasteiger partial charge on any atom is -0.344 e. The molecule has 0 saturated carbocycles. The molecule has 6 nitrogen and oxygen atoms in total. The zero-order valence-electron chi connectivity index (χ0n) is 19.7. The Morgan fingerprint density at radius 1 is 0.879 bits per heavy atom. The Balaban J connectivity index is 1.98. The Morgan fingerprint density at radius 2 is 1.52 bits per heavy atom. The number of carbonyl (C=O) groups excluding carboxylic acids is 1. The maximum absolute atomic E-state index is 13.3. The molecule has 1 N–H and O–H groups in total. The second-order valence-electron chi connectivity index (χ2n) is 8.35. The van der Waals surface area contributed by atoms with E-state index in [0.29, 0.717) is 5.69 Å². The highest BCUT2D eigenvalue weighted by Gasteiger charge is 2.29. The van der Waals surface area contributed by atoms with Crippen LogP contribution in [0.1, 0.15) is 33.9 Å². The third-order valence-electron chi connectivity index (χ3n) is 5.60. The smallest absolute Gasteiger partial charge is 0.304 e. The van der Waals surface area contributed by atoms with Crippen molar-refractivity contribution in [2.45, 2.75) is 26.8 Å². The van der Waals surface area contributed by atoms with Crippen LogP contribution >= 0.6 is 0 Å². The number of anilines is 1. The fourth-order valence-corrected chi connectivity index (χ4v) is 4.83. The van der Waals surface area contributed by atoms with Crippen LogP contribution in [0, 0.1) is 20.8 Å². The molecule has 7 heteroatoms. The summed E-state index contributed by atoms with van der Waals surface area (Å²) in [6.45, 7) is 5.40. The number of carbonyl (C=O) groups is 1. The van der Waals surface area contributed by atoms with Crippen LogP contribution < -0.4 is 9.62 Å². The lowest BCUT2D eigenvalue weighted by molar-refractivity contribution is -0.120. The summed E-state index contributed by atoms with van der Waals surface area (Å²) in [5, 5.41) is 3.07. The molecule has 1 amide bonds. The molecule has 1 atom stereocenters. The van der Waals surface area contributed by atoms with Gasteiger partial charge in [0, 0.05) is 14.1 Å². The van der Waals surface area contributed by atoms with Gasteiger partial charge in [-0.25, -0.2) is 4.31 Å². The van der Waals surface area contributed by atoms with Gasteiger partial charge in [-0.05, 0) is 54.7 Å². The fourth-order valence-electron chi connectivity index (χ4n) is 3.71. The lowest BCUT2D eigenvalue weighted by Gasteiger charge is -2.29. The molecule has 3 aromatic rings. The van der Waals surface area contributed by atoms with Gasteiger partial charge in [-0.1, -0.05) is 66.7 Å². The summed E-state index contributed by atoms with van der Waals surface area (Å²) in [5.41, 5.74) is 5.11. The number of benzene rings is 3. The molecule has 0 spiro atoms. The second kappa shape index (κ2) is 10.2. The van der Waals surface area contributed by atoms with Crippen molar-refractivity contribution in [2.24, 2.45) is 0 Å². The lowest BCUT2D eigenvalue weighted by Crippen LogP contribution is -2.46. The topological polar surface area (TPSA) is 69.7 Å². The van der Waals surface area contributed by atoms with Gasteiger partial charge in [0.25, 0.3) is 0 Å². The zero-order chi connectivity index (χ0) is 24.2. The Hall–Kier alpha value is -3.16. The van der Waals surface area contributed by atoms with E-state index in [1.807, 2.05) is 87.5 Å². The van der Waals surface area contributed by atoms with E-state index < -0.39 is 22.2 Å². The molecule has 0 radical (unpaired) electrons. The van der Waals surface area contributed by atoms with Gasteiger partial charge < -0.3 is 5.32 Å². The summed E-state index contributed by atoms with van der Waals surface area (Å²) in [6.07, 6.45) is 0.